The fourth-order valence-corrected chi connectivity index (χ4v) is 4.19. The van der Waals surface area contributed by atoms with Crippen LogP contribution in [0, 0.1) is 25.2 Å². The minimum Gasteiger partial charge on any atom is -0.341 e. The molecule has 0 aliphatic rings. The van der Waals surface area contributed by atoms with E-state index in [1.807, 2.05) is 71.3 Å². The standard InChI is InChI=1S/C31H38N4O2/c1-11-15-24(13-3)32-28-19-27(36)29-23(10)18-26(31(37)34(20(5)6)21(7)8)33-30(29)35(28)25(14-4)17-16-22(9)12-2/h2,11,13-22,32H,1,3H2,4-10H3/b17-16-,24-15+,25-14+. The van der Waals surface area contributed by atoms with Gasteiger partial charge in [-0.2, -0.15) is 0 Å². The van der Waals surface area contributed by atoms with E-state index < -0.39 is 0 Å². The fraction of sp³-hybridized carbons (Fsp3) is 0.323. The molecule has 0 fully saturated rings. The maximum atomic E-state index is 13.6. The van der Waals surface area contributed by atoms with E-state index in [9.17, 15) is 9.59 Å². The molecule has 0 spiro atoms. The molecule has 0 aliphatic carbocycles. The molecule has 1 amide bonds. The largest absolute Gasteiger partial charge is 0.341 e. The number of carbonyl (C=O) groups is 1. The molecule has 0 saturated carbocycles. The molecule has 1 atom stereocenters. The number of rotatable bonds is 10. The Balaban J connectivity index is 3.01. The van der Waals surface area contributed by atoms with Crippen molar-refractivity contribution >= 4 is 28.5 Å². The number of terminal acetylenes is 1. The van der Waals surface area contributed by atoms with Crippen molar-refractivity contribution in [2.75, 3.05) is 5.32 Å². The summed E-state index contributed by atoms with van der Waals surface area (Å²) in [4.78, 5) is 33.5. The zero-order valence-electron chi connectivity index (χ0n) is 23.0. The van der Waals surface area contributed by atoms with Gasteiger partial charge in [-0.1, -0.05) is 37.3 Å². The van der Waals surface area contributed by atoms with Crippen molar-refractivity contribution in [2.45, 2.75) is 60.5 Å². The molecule has 0 aliphatic heterocycles. The third-order valence-electron chi connectivity index (χ3n) is 5.89. The van der Waals surface area contributed by atoms with Gasteiger partial charge in [0, 0.05) is 35.5 Å². The number of fused-ring (bicyclic) bond motifs is 1. The molecule has 0 radical (unpaired) electrons. The number of amides is 1. The van der Waals surface area contributed by atoms with E-state index in [1.165, 1.54) is 6.07 Å². The average molecular weight is 499 g/mol. The summed E-state index contributed by atoms with van der Waals surface area (Å²) in [5.41, 5.74) is 2.50. The van der Waals surface area contributed by atoms with E-state index in [1.54, 1.807) is 29.2 Å². The summed E-state index contributed by atoms with van der Waals surface area (Å²) >= 11 is 0. The highest BCUT2D eigenvalue weighted by Gasteiger charge is 2.25. The van der Waals surface area contributed by atoms with Gasteiger partial charge in [-0.3, -0.25) is 14.2 Å². The molecule has 37 heavy (non-hydrogen) atoms. The fourth-order valence-electron chi connectivity index (χ4n) is 4.19. The van der Waals surface area contributed by atoms with Crippen LogP contribution in [-0.4, -0.2) is 32.4 Å². The Bertz CT molecular complexity index is 1370. The summed E-state index contributed by atoms with van der Waals surface area (Å²) in [5, 5.41) is 3.70. The minimum atomic E-state index is -0.208. The van der Waals surface area contributed by atoms with Crippen molar-refractivity contribution in [3.63, 3.8) is 0 Å². The molecule has 194 valence electrons. The van der Waals surface area contributed by atoms with Crippen LogP contribution >= 0.6 is 0 Å². The molecule has 6 heteroatoms. The van der Waals surface area contributed by atoms with Gasteiger partial charge in [-0.25, -0.2) is 4.98 Å². The molecule has 1 unspecified atom stereocenters. The number of pyridine rings is 2. The van der Waals surface area contributed by atoms with E-state index in [0.29, 0.717) is 28.1 Å². The quantitative estimate of drug-likeness (QED) is 0.308. The Kier molecular flexibility index (Phi) is 10.0. The van der Waals surface area contributed by atoms with Crippen molar-refractivity contribution in [1.82, 2.24) is 14.5 Å². The molecule has 0 aromatic carbocycles. The van der Waals surface area contributed by atoms with Gasteiger partial charge in [0.25, 0.3) is 5.91 Å². The van der Waals surface area contributed by atoms with Crippen LogP contribution in [0.25, 0.3) is 16.7 Å². The highest BCUT2D eigenvalue weighted by Crippen LogP contribution is 2.26. The van der Waals surface area contributed by atoms with Crippen LogP contribution in [0.4, 0.5) is 5.82 Å². The lowest BCUT2D eigenvalue weighted by molar-refractivity contribution is 0.0638. The third-order valence-corrected chi connectivity index (χ3v) is 5.89. The molecule has 2 rings (SSSR count). The van der Waals surface area contributed by atoms with E-state index in [4.69, 9.17) is 11.4 Å². The summed E-state index contributed by atoms with van der Waals surface area (Å²) < 4.78 is 1.83. The number of allylic oxidation sites excluding steroid dienone is 7. The van der Waals surface area contributed by atoms with Gasteiger partial charge in [0.1, 0.15) is 11.5 Å². The SMILES string of the molecule is C#CC(C)/C=C\C(=C/C)n1c(N/C(C=C)=C/C=C)cc(=O)c2c(C)cc(C(=O)N(C(C)C)C(C)C)nc21. The maximum absolute atomic E-state index is 13.6. The number of hydrogen-bond donors (Lipinski definition) is 1. The van der Waals surface area contributed by atoms with Crippen LogP contribution in [0.5, 0.6) is 0 Å². The predicted octanol–water partition coefficient (Wildman–Crippen LogP) is 6.32. The second kappa shape index (κ2) is 12.7. The topological polar surface area (TPSA) is 67.2 Å². The molecular formula is C31H38N4O2. The van der Waals surface area contributed by atoms with Crippen LogP contribution in [0.3, 0.4) is 0 Å². The van der Waals surface area contributed by atoms with Crippen molar-refractivity contribution in [2.24, 2.45) is 5.92 Å². The molecule has 6 nitrogen and oxygen atoms in total. The van der Waals surface area contributed by atoms with Gasteiger partial charge in [-0.05, 0) is 78.3 Å². The Morgan fingerprint density at radius 2 is 1.84 bits per heavy atom. The van der Waals surface area contributed by atoms with Crippen LogP contribution in [0.1, 0.15) is 57.6 Å². The lowest BCUT2D eigenvalue weighted by Crippen LogP contribution is -2.42. The van der Waals surface area contributed by atoms with Crippen molar-refractivity contribution in [1.29, 1.82) is 0 Å². The zero-order valence-corrected chi connectivity index (χ0v) is 23.0. The molecule has 1 N–H and O–H groups in total. The summed E-state index contributed by atoms with van der Waals surface area (Å²) in [7, 11) is 0. The van der Waals surface area contributed by atoms with E-state index in [2.05, 4.69) is 24.4 Å². The van der Waals surface area contributed by atoms with Gasteiger partial charge >= 0.3 is 0 Å². The first kappa shape index (κ1) is 29.1. The second-order valence-electron chi connectivity index (χ2n) is 9.37. The number of aryl methyl sites for hydroxylation is 1. The monoisotopic (exact) mass is 498 g/mol. The summed E-state index contributed by atoms with van der Waals surface area (Å²) in [6, 6.07) is 3.19. The van der Waals surface area contributed by atoms with Crippen LogP contribution in [0.15, 0.2) is 72.2 Å². The summed E-state index contributed by atoms with van der Waals surface area (Å²) in [6.45, 7) is 21.1. The Labute approximate surface area is 220 Å². The van der Waals surface area contributed by atoms with Gasteiger partial charge in [0.15, 0.2) is 11.1 Å². The van der Waals surface area contributed by atoms with Gasteiger partial charge in [0.05, 0.1) is 5.39 Å². The van der Waals surface area contributed by atoms with Gasteiger partial charge in [0.2, 0.25) is 0 Å². The van der Waals surface area contributed by atoms with E-state index in [-0.39, 0.29) is 35.0 Å². The first-order valence-corrected chi connectivity index (χ1v) is 12.4. The molecular weight excluding hydrogens is 460 g/mol. The Morgan fingerprint density at radius 3 is 2.35 bits per heavy atom. The maximum Gasteiger partial charge on any atom is 0.273 e. The first-order valence-electron chi connectivity index (χ1n) is 12.4. The molecule has 2 aromatic heterocycles. The zero-order chi connectivity index (χ0) is 27.9. The lowest BCUT2D eigenvalue weighted by atomic mass is 10.1. The first-order chi connectivity index (χ1) is 17.5. The molecule has 0 saturated heterocycles. The predicted molar refractivity (Wildman–Crippen MR) is 156 cm³/mol. The second-order valence-corrected chi connectivity index (χ2v) is 9.37. The van der Waals surface area contributed by atoms with Gasteiger partial charge in [-0.15, -0.1) is 6.42 Å². The Morgan fingerprint density at radius 1 is 1.19 bits per heavy atom. The highest BCUT2D eigenvalue weighted by atomic mass is 16.2. The van der Waals surface area contributed by atoms with Crippen molar-refractivity contribution in [3.8, 4) is 12.3 Å². The number of hydrogen-bond acceptors (Lipinski definition) is 4. The number of anilines is 1. The third kappa shape index (κ3) is 6.56. The van der Waals surface area contributed by atoms with E-state index >= 15 is 0 Å². The highest BCUT2D eigenvalue weighted by molar-refractivity contribution is 5.96. The van der Waals surface area contributed by atoms with Crippen LogP contribution in [-0.2, 0) is 0 Å². The lowest BCUT2D eigenvalue weighted by Gasteiger charge is -2.30. The van der Waals surface area contributed by atoms with Crippen molar-refractivity contribution in [3.05, 3.63) is 88.9 Å². The number of carbonyl (C=O) groups excluding carboxylic acids is 1. The average Bonchev–Trinajstić information content (AvgIpc) is 2.84. The number of nitrogens with zero attached hydrogens (tertiary/aromatic N) is 3. The van der Waals surface area contributed by atoms with Crippen LogP contribution in [0.2, 0.25) is 0 Å². The normalized spacial score (nSPS) is 13.2. The Hall–Kier alpha value is -4.11. The van der Waals surface area contributed by atoms with Gasteiger partial charge < -0.3 is 10.2 Å². The number of nitrogens with one attached hydrogen (secondary N) is 1. The van der Waals surface area contributed by atoms with Crippen molar-refractivity contribution < 1.29 is 4.79 Å². The molecule has 2 aromatic rings. The summed E-state index contributed by atoms with van der Waals surface area (Å²) in [5.74, 6) is 2.87. The van der Waals surface area contributed by atoms with Crippen LogP contribution < -0.4 is 10.7 Å². The summed E-state index contributed by atoms with van der Waals surface area (Å²) in [6.07, 6.45) is 16.3. The number of aromatic nitrogens is 2. The van der Waals surface area contributed by atoms with E-state index in [0.717, 1.165) is 5.70 Å². The molecule has 2 heterocycles. The smallest absolute Gasteiger partial charge is 0.273 e. The molecule has 0 bridgehead atoms. The minimum absolute atomic E-state index is 0.0148.